The third-order valence-corrected chi connectivity index (χ3v) is 11.9. The highest BCUT2D eigenvalue weighted by molar-refractivity contribution is 6.01. The van der Waals surface area contributed by atoms with E-state index in [0.717, 1.165) is 76.9 Å². The number of benzene rings is 4. The fraction of sp³-hybridized carbons (Fsp3) is 0.192. The maximum absolute atomic E-state index is 6.58. The van der Waals surface area contributed by atoms with Gasteiger partial charge in [0, 0.05) is 34.1 Å². The average molecular weight is 713 g/mol. The third-order valence-electron chi connectivity index (χ3n) is 11.9. The molecule has 2 aromatic heterocycles. The number of hydrogen-bond acceptors (Lipinski definition) is 3. The lowest BCUT2D eigenvalue weighted by Gasteiger charge is -2.25. The van der Waals surface area contributed by atoms with Crippen molar-refractivity contribution in [2.75, 3.05) is 0 Å². The first-order chi connectivity index (χ1) is 27.2. The summed E-state index contributed by atoms with van der Waals surface area (Å²) in [5, 5.41) is 1.14. The van der Waals surface area contributed by atoms with Gasteiger partial charge in [-0.25, -0.2) is 9.97 Å². The zero-order valence-corrected chi connectivity index (χ0v) is 31.2. The van der Waals surface area contributed by atoms with Crippen molar-refractivity contribution in [1.29, 1.82) is 0 Å². The van der Waals surface area contributed by atoms with E-state index in [4.69, 9.17) is 14.4 Å². The number of allylic oxidation sites excluding steroid dienone is 11. The molecule has 3 nitrogen and oxygen atoms in total. The number of nitrogens with zero attached hydrogens (tertiary/aromatic N) is 2. The summed E-state index contributed by atoms with van der Waals surface area (Å²) in [5.41, 5.74) is 16.5. The summed E-state index contributed by atoms with van der Waals surface area (Å²) < 4.78 is 6.58. The van der Waals surface area contributed by atoms with Crippen molar-refractivity contribution in [1.82, 2.24) is 9.97 Å². The van der Waals surface area contributed by atoms with Crippen LogP contribution >= 0.6 is 0 Å². The molecule has 268 valence electrons. The largest absolute Gasteiger partial charge is 0.460 e. The molecule has 55 heavy (non-hydrogen) atoms. The molecular weight excluding hydrogens is 669 g/mol. The quantitative estimate of drug-likeness (QED) is 0.155. The Hall–Kier alpha value is -6.06. The monoisotopic (exact) mass is 712 g/mol. The first-order valence-electron chi connectivity index (χ1n) is 20.1. The van der Waals surface area contributed by atoms with Crippen LogP contribution in [0.5, 0.6) is 0 Å². The maximum Gasteiger partial charge on any atom is 0.160 e. The summed E-state index contributed by atoms with van der Waals surface area (Å²) in [4.78, 5) is 10.4. The fourth-order valence-corrected chi connectivity index (χ4v) is 8.88. The highest BCUT2D eigenvalue weighted by Gasteiger charge is 2.25. The Bertz CT molecular complexity index is 2590. The molecule has 0 bridgehead atoms. The van der Waals surface area contributed by atoms with Crippen molar-refractivity contribution in [2.45, 2.75) is 57.8 Å². The summed E-state index contributed by atoms with van der Waals surface area (Å²) in [5.74, 6) is 2.50. The lowest BCUT2D eigenvalue weighted by Crippen LogP contribution is -2.09. The van der Waals surface area contributed by atoms with Crippen LogP contribution in [0, 0.1) is 5.92 Å². The number of hydrogen-bond donors (Lipinski definition) is 0. The van der Waals surface area contributed by atoms with Crippen LogP contribution in [0.15, 0.2) is 167 Å². The van der Waals surface area contributed by atoms with Gasteiger partial charge in [-0.3, -0.25) is 0 Å². The Balaban J connectivity index is 1.01. The smallest absolute Gasteiger partial charge is 0.160 e. The van der Waals surface area contributed by atoms with Crippen LogP contribution in [0.1, 0.15) is 68.3 Å². The lowest BCUT2D eigenvalue weighted by molar-refractivity contribution is 0.529. The molecular formula is C52H44N2O. The van der Waals surface area contributed by atoms with E-state index in [-0.39, 0.29) is 0 Å². The molecule has 0 spiro atoms. The van der Waals surface area contributed by atoms with Crippen molar-refractivity contribution in [2.24, 2.45) is 5.92 Å². The van der Waals surface area contributed by atoms with E-state index in [1.165, 1.54) is 64.7 Å². The van der Waals surface area contributed by atoms with Crippen LogP contribution in [-0.4, -0.2) is 9.97 Å². The first kappa shape index (κ1) is 33.5. The van der Waals surface area contributed by atoms with Crippen molar-refractivity contribution in [3.05, 3.63) is 179 Å². The summed E-state index contributed by atoms with van der Waals surface area (Å²) in [7, 11) is 0. The van der Waals surface area contributed by atoms with Crippen molar-refractivity contribution >= 4 is 22.6 Å². The van der Waals surface area contributed by atoms with Gasteiger partial charge in [-0.05, 0) is 109 Å². The van der Waals surface area contributed by atoms with Gasteiger partial charge >= 0.3 is 0 Å². The molecule has 4 aliphatic carbocycles. The zero-order valence-electron chi connectivity index (χ0n) is 31.2. The van der Waals surface area contributed by atoms with E-state index in [2.05, 4.69) is 146 Å². The van der Waals surface area contributed by atoms with E-state index in [1.807, 2.05) is 6.07 Å². The second kappa shape index (κ2) is 14.6. The van der Waals surface area contributed by atoms with Crippen LogP contribution < -0.4 is 0 Å². The van der Waals surface area contributed by atoms with E-state index in [9.17, 15) is 0 Å². The SMILES string of the molecule is C1=CC(c2ccc(-c3ccc(-c4cc(-c5cccc6oc7c(c56)C=C(C5=CC=C(C6CC=CCC6)CC5)CC7)nc(-c5ccccc5)n4)cc3)cc2)=CCC1. The van der Waals surface area contributed by atoms with Crippen LogP contribution in [0.25, 0.3) is 67.6 Å². The standard InChI is InChI=1S/C52H44N2O/c1-4-11-35(12-5-1)37-19-21-39(22-20-37)40-27-29-42(30-28-40)47-34-48(54-52(53-47)43-15-8-3-9-16-43)45-17-10-18-50-51(45)46-33-44(31-32-49(46)55-50)41-25-23-38(24-26-41)36-13-6-2-7-14-36/h2-4,6,8-12,15-23,25,27-30,33-34,36H,1,5,7,13-14,24,26,31-32H2. The Morgan fingerprint density at radius 1 is 0.582 bits per heavy atom. The van der Waals surface area contributed by atoms with Crippen molar-refractivity contribution in [3.63, 3.8) is 0 Å². The minimum absolute atomic E-state index is 0.714. The Labute approximate surface area is 323 Å². The highest BCUT2D eigenvalue weighted by atomic mass is 16.3. The number of furan rings is 1. The Morgan fingerprint density at radius 3 is 2.11 bits per heavy atom. The number of rotatable bonds is 7. The van der Waals surface area contributed by atoms with Gasteiger partial charge < -0.3 is 4.42 Å². The highest BCUT2D eigenvalue weighted by Crippen LogP contribution is 2.43. The molecule has 2 heterocycles. The van der Waals surface area contributed by atoms with Crippen LogP contribution in [0.3, 0.4) is 0 Å². The van der Waals surface area contributed by atoms with E-state index in [1.54, 1.807) is 5.57 Å². The normalized spacial score (nSPS) is 18.0. The molecule has 1 unspecified atom stereocenters. The fourth-order valence-electron chi connectivity index (χ4n) is 8.88. The van der Waals surface area contributed by atoms with E-state index in [0.29, 0.717) is 11.7 Å². The lowest BCUT2D eigenvalue weighted by atomic mass is 9.80. The molecule has 0 amide bonds. The van der Waals surface area contributed by atoms with Crippen LogP contribution in [-0.2, 0) is 6.42 Å². The summed E-state index contributed by atoms with van der Waals surface area (Å²) in [6.07, 6.45) is 28.9. The first-order valence-corrected chi connectivity index (χ1v) is 20.1. The van der Waals surface area contributed by atoms with Gasteiger partial charge in [-0.15, -0.1) is 0 Å². The summed E-state index contributed by atoms with van der Waals surface area (Å²) in [6.45, 7) is 0. The predicted octanol–water partition coefficient (Wildman–Crippen LogP) is 14.0. The molecule has 0 radical (unpaired) electrons. The number of aromatic nitrogens is 2. The van der Waals surface area contributed by atoms with E-state index < -0.39 is 0 Å². The second-order valence-electron chi connectivity index (χ2n) is 15.3. The molecule has 1 atom stereocenters. The van der Waals surface area contributed by atoms with Gasteiger partial charge in [0.25, 0.3) is 0 Å². The minimum Gasteiger partial charge on any atom is -0.460 e. The molecule has 4 aromatic carbocycles. The molecule has 0 aliphatic heterocycles. The third kappa shape index (κ3) is 6.69. The van der Waals surface area contributed by atoms with Gasteiger partial charge in [0.05, 0.1) is 11.4 Å². The molecule has 3 heteroatoms. The van der Waals surface area contributed by atoms with Crippen molar-refractivity contribution < 1.29 is 4.42 Å². The van der Waals surface area contributed by atoms with Crippen molar-refractivity contribution in [3.8, 4) is 45.0 Å². The molecule has 6 aromatic rings. The van der Waals surface area contributed by atoms with Gasteiger partial charge in [0.15, 0.2) is 5.82 Å². The van der Waals surface area contributed by atoms with Gasteiger partial charge in [0.1, 0.15) is 11.3 Å². The number of aryl methyl sites for hydroxylation is 1. The summed E-state index contributed by atoms with van der Waals surface area (Å²) in [6, 6.07) is 36.6. The van der Waals surface area contributed by atoms with Gasteiger partial charge in [-0.2, -0.15) is 0 Å². The molecule has 0 saturated heterocycles. The summed E-state index contributed by atoms with van der Waals surface area (Å²) >= 11 is 0. The average Bonchev–Trinajstić information content (AvgIpc) is 3.66. The van der Waals surface area contributed by atoms with Crippen LogP contribution in [0.2, 0.25) is 0 Å². The topological polar surface area (TPSA) is 38.9 Å². The molecule has 0 fully saturated rings. The molecule has 0 N–H and O–H groups in total. The van der Waals surface area contributed by atoms with Gasteiger partial charge in [0.2, 0.25) is 0 Å². The van der Waals surface area contributed by atoms with E-state index >= 15 is 0 Å². The number of fused-ring (bicyclic) bond motifs is 3. The predicted molar refractivity (Wildman–Crippen MR) is 228 cm³/mol. The Kier molecular flexibility index (Phi) is 8.92. The minimum atomic E-state index is 0.714. The second-order valence-corrected chi connectivity index (χ2v) is 15.3. The molecule has 4 aliphatic rings. The van der Waals surface area contributed by atoms with Crippen LogP contribution in [0.4, 0.5) is 0 Å². The molecule has 10 rings (SSSR count). The Morgan fingerprint density at radius 2 is 1.36 bits per heavy atom. The van der Waals surface area contributed by atoms with Gasteiger partial charge in [-0.1, -0.05) is 139 Å². The molecule has 0 saturated carbocycles. The maximum atomic E-state index is 6.58. The zero-order chi connectivity index (χ0) is 36.6.